The summed E-state index contributed by atoms with van der Waals surface area (Å²) in [5.41, 5.74) is 3.58. The number of fused-ring (bicyclic) bond motifs is 1. The first kappa shape index (κ1) is 15.8. The first-order valence-corrected chi connectivity index (χ1v) is 9.61. The van der Waals surface area contributed by atoms with E-state index in [1.54, 1.807) is 11.8 Å². The summed E-state index contributed by atoms with van der Waals surface area (Å²) in [6, 6.07) is 7.02. The van der Waals surface area contributed by atoms with E-state index in [2.05, 4.69) is 58.1 Å². The molecule has 2 aliphatic heterocycles. The van der Waals surface area contributed by atoms with Gasteiger partial charge in [0.1, 0.15) is 5.84 Å². The molecule has 0 aliphatic carbocycles. The normalized spacial score (nSPS) is 24.0. The van der Waals surface area contributed by atoms with Crippen LogP contribution in [0, 0.1) is 5.41 Å². The molecule has 126 valence electrons. The predicted octanol–water partition coefficient (Wildman–Crippen LogP) is 4.21. The molecule has 1 unspecified atom stereocenters. The first-order chi connectivity index (χ1) is 11.7. The van der Waals surface area contributed by atoms with Crippen LogP contribution < -0.4 is 5.32 Å². The van der Waals surface area contributed by atoms with E-state index in [4.69, 9.17) is 5.41 Å². The van der Waals surface area contributed by atoms with Gasteiger partial charge >= 0.3 is 0 Å². The summed E-state index contributed by atoms with van der Waals surface area (Å²) in [5, 5.41) is 15.2. The molecule has 1 aromatic heterocycles. The van der Waals surface area contributed by atoms with Crippen LogP contribution in [-0.4, -0.2) is 40.6 Å². The van der Waals surface area contributed by atoms with Crippen LogP contribution in [-0.2, 0) is 6.42 Å². The number of likely N-dealkylation sites (tertiary alicyclic amines) is 1. The van der Waals surface area contributed by atoms with E-state index in [0.717, 1.165) is 18.5 Å². The van der Waals surface area contributed by atoms with Crippen LogP contribution in [0.2, 0.25) is 0 Å². The molecule has 0 spiro atoms. The maximum atomic E-state index is 8.27. The highest BCUT2D eigenvalue weighted by atomic mass is 32.2. The third-order valence-corrected chi connectivity index (χ3v) is 6.29. The summed E-state index contributed by atoms with van der Waals surface area (Å²) >= 11 is 1.72. The molecule has 2 aromatic rings. The highest BCUT2D eigenvalue weighted by Gasteiger charge is 2.22. The second kappa shape index (κ2) is 6.65. The minimum absolute atomic E-state index is 0.235. The van der Waals surface area contributed by atoms with Crippen molar-refractivity contribution in [2.24, 2.45) is 0 Å². The van der Waals surface area contributed by atoms with Gasteiger partial charge in [0.05, 0.1) is 5.25 Å². The quantitative estimate of drug-likeness (QED) is 0.577. The van der Waals surface area contributed by atoms with Crippen LogP contribution in [0.15, 0.2) is 35.9 Å². The Morgan fingerprint density at radius 1 is 1.46 bits per heavy atom. The van der Waals surface area contributed by atoms with Gasteiger partial charge in [0.25, 0.3) is 0 Å². The molecule has 4 rings (SSSR count). The van der Waals surface area contributed by atoms with E-state index in [9.17, 15) is 0 Å². The number of aromatic nitrogens is 1. The fraction of sp³-hybridized carbons (Fsp3) is 0.421. The Kier molecular flexibility index (Phi) is 4.37. The van der Waals surface area contributed by atoms with Crippen molar-refractivity contribution in [3.05, 3.63) is 41.4 Å². The summed E-state index contributed by atoms with van der Waals surface area (Å²) < 4.78 is 0. The van der Waals surface area contributed by atoms with Crippen LogP contribution >= 0.6 is 11.8 Å². The Morgan fingerprint density at radius 3 is 3.12 bits per heavy atom. The molecule has 0 saturated carbocycles. The number of nitrogens with zero attached hydrogens (tertiary/aromatic N) is 1. The Hall–Kier alpha value is -1.72. The second-order valence-corrected chi connectivity index (χ2v) is 7.94. The zero-order valence-electron chi connectivity index (χ0n) is 14.0. The van der Waals surface area contributed by atoms with Crippen LogP contribution in [0.3, 0.4) is 0 Å². The van der Waals surface area contributed by atoms with E-state index in [1.807, 2.05) is 0 Å². The summed E-state index contributed by atoms with van der Waals surface area (Å²) in [6.07, 6.45) is 8.93. The molecular weight excluding hydrogens is 316 g/mol. The predicted molar refractivity (Wildman–Crippen MR) is 104 cm³/mol. The summed E-state index contributed by atoms with van der Waals surface area (Å²) in [5.74, 6) is 0.594. The summed E-state index contributed by atoms with van der Waals surface area (Å²) in [6.45, 7) is 1.21. The molecule has 1 fully saturated rings. The first-order valence-electron chi connectivity index (χ1n) is 8.67. The maximum Gasteiger partial charge on any atom is 0.112 e. The molecule has 0 amide bonds. The van der Waals surface area contributed by atoms with Gasteiger partial charge in [0, 0.05) is 28.8 Å². The summed E-state index contributed by atoms with van der Waals surface area (Å²) in [7, 11) is 2.23. The number of benzene rings is 1. The van der Waals surface area contributed by atoms with Gasteiger partial charge in [-0.3, -0.25) is 5.41 Å². The lowest BCUT2D eigenvalue weighted by atomic mass is 10.0. The van der Waals surface area contributed by atoms with Crippen molar-refractivity contribution in [2.45, 2.75) is 37.0 Å². The molecule has 0 radical (unpaired) electrons. The molecule has 1 aromatic carbocycles. The zero-order chi connectivity index (χ0) is 16.5. The monoisotopic (exact) mass is 340 g/mol. The Bertz CT molecular complexity index is 771. The number of likely N-dealkylation sites (N-methyl/N-ethyl adjacent to an activating group) is 1. The van der Waals surface area contributed by atoms with E-state index in [1.165, 1.54) is 35.9 Å². The number of hydrogen-bond acceptors (Lipinski definition) is 3. The number of hydrogen-bond donors (Lipinski definition) is 3. The van der Waals surface area contributed by atoms with Gasteiger partial charge in [-0.25, -0.2) is 0 Å². The minimum Gasteiger partial charge on any atom is -0.361 e. The average molecular weight is 340 g/mol. The van der Waals surface area contributed by atoms with Crippen molar-refractivity contribution in [2.75, 3.05) is 18.9 Å². The van der Waals surface area contributed by atoms with Gasteiger partial charge in [-0.15, -0.1) is 11.8 Å². The number of rotatable bonds is 4. The molecule has 4 nitrogen and oxygen atoms in total. The summed E-state index contributed by atoms with van der Waals surface area (Å²) in [4.78, 5) is 5.87. The van der Waals surface area contributed by atoms with Crippen LogP contribution in [0.5, 0.6) is 0 Å². The third kappa shape index (κ3) is 3.10. The number of aromatic amines is 1. The fourth-order valence-corrected chi connectivity index (χ4v) is 4.55. The van der Waals surface area contributed by atoms with Crippen molar-refractivity contribution in [3.8, 4) is 0 Å². The van der Waals surface area contributed by atoms with Gasteiger partial charge in [-0.2, -0.15) is 0 Å². The minimum atomic E-state index is 0.235. The second-order valence-electron chi connectivity index (χ2n) is 6.83. The average Bonchev–Trinajstić information content (AvgIpc) is 3.31. The van der Waals surface area contributed by atoms with Gasteiger partial charge < -0.3 is 15.2 Å². The van der Waals surface area contributed by atoms with E-state index < -0.39 is 0 Å². The van der Waals surface area contributed by atoms with E-state index >= 15 is 0 Å². The smallest absolute Gasteiger partial charge is 0.112 e. The van der Waals surface area contributed by atoms with Crippen molar-refractivity contribution < 1.29 is 0 Å². The van der Waals surface area contributed by atoms with Crippen molar-refractivity contribution in [3.63, 3.8) is 0 Å². The Labute approximate surface area is 147 Å². The Morgan fingerprint density at radius 2 is 2.38 bits per heavy atom. The molecule has 5 heteroatoms. The number of anilines is 1. The van der Waals surface area contributed by atoms with Crippen molar-refractivity contribution in [1.82, 2.24) is 9.88 Å². The number of thioether (sulfide) groups is 1. The van der Waals surface area contributed by atoms with Crippen molar-refractivity contribution >= 4 is 34.2 Å². The van der Waals surface area contributed by atoms with Gasteiger partial charge in [0.15, 0.2) is 0 Å². The zero-order valence-corrected chi connectivity index (χ0v) is 14.8. The standard InChI is InChI=1S/C19H24N4S/c1-23-8-2-4-15(23)10-13-12-21-17-7-6-14(11-16(13)17)22-19(20)18-5-3-9-24-18/h3,6-7,9,11-12,15,18,21H,2,4-5,8,10H2,1H3,(H2,20,22)/t15-,18?/m0/s1. The number of H-pyrrole nitrogens is 1. The molecule has 24 heavy (non-hydrogen) atoms. The van der Waals surface area contributed by atoms with E-state index in [-0.39, 0.29) is 5.25 Å². The molecule has 3 heterocycles. The van der Waals surface area contributed by atoms with Gasteiger partial charge in [-0.1, -0.05) is 6.08 Å². The van der Waals surface area contributed by atoms with Gasteiger partial charge in [0.2, 0.25) is 0 Å². The molecule has 2 atom stereocenters. The highest BCUT2D eigenvalue weighted by molar-refractivity contribution is 8.03. The largest absolute Gasteiger partial charge is 0.361 e. The van der Waals surface area contributed by atoms with E-state index in [0.29, 0.717) is 11.9 Å². The topological polar surface area (TPSA) is 54.9 Å². The molecule has 1 saturated heterocycles. The van der Waals surface area contributed by atoms with Crippen LogP contribution in [0.1, 0.15) is 24.8 Å². The maximum absolute atomic E-state index is 8.27. The fourth-order valence-electron chi connectivity index (χ4n) is 3.72. The molecular formula is C19H24N4S. The Balaban J connectivity index is 1.53. The number of amidine groups is 1. The van der Waals surface area contributed by atoms with Crippen LogP contribution in [0.4, 0.5) is 5.69 Å². The van der Waals surface area contributed by atoms with Crippen LogP contribution in [0.25, 0.3) is 10.9 Å². The van der Waals surface area contributed by atoms with Crippen molar-refractivity contribution in [1.29, 1.82) is 5.41 Å². The molecule has 3 N–H and O–H groups in total. The molecule has 2 aliphatic rings. The number of nitrogens with one attached hydrogen (secondary N) is 3. The lowest BCUT2D eigenvalue weighted by Gasteiger charge is -2.19. The number of allylic oxidation sites excluding steroid dienone is 1. The SMILES string of the molecule is CN1CCC[C@H]1Cc1c[nH]c2ccc(NC(=N)C3CC=CS3)cc12. The lowest BCUT2D eigenvalue weighted by molar-refractivity contribution is 0.310. The third-order valence-electron chi connectivity index (χ3n) is 5.18. The lowest BCUT2D eigenvalue weighted by Crippen LogP contribution is -2.26. The molecule has 0 bridgehead atoms. The van der Waals surface area contributed by atoms with Gasteiger partial charge in [-0.05, 0) is 68.4 Å². The highest BCUT2D eigenvalue weighted by Crippen LogP contribution is 2.28.